The standard InChI is InChI=1S/C17H15N3O3S/c1-24(22,23)14-7-4-6-13(12-14)17(21)19-15-8-2-3-9-16(15)20-11-5-10-18-20/h2-12H,1H3,(H,19,21). The van der Waals surface area contributed by atoms with Crippen LogP contribution in [-0.4, -0.2) is 30.4 Å². The molecule has 0 fully saturated rings. The summed E-state index contributed by atoms with van der Waals surface area (Å²) in [6.45, 7) is 0. The lowest BCUT2D eigenvalue weighted by Gasteiger charge is -2.11. The number of hydrogen-bond acceptors (Lipinski definition) is 4. The first kappa shape index (κ1) is 15.9. The van der Waals surface area contributed by atoms with E-state index in [9.17, 15) is 13.2 Å². The van der Waals surface area contributed by atoms with Crippen LogP contribution in [0, 0.1) is 0 Å². The van der Waals surface area contributed by atoms with Gasteiger partial charge in [-0.15, -0.1) is 0 Å². The summed E-state index contributed by atoms with van der Waals surface area (Å²) in [5.74, 6) is -0.389. The van der Waals surface area contributed by atoms with Gasteiger partial charge in [0.25, 0.3) is 5.91 Å². The highest BCUT2D eigenvalue weighted by atomic mass is 32.2. The molecule has 122 valence electrons. The van der Waals surface area contributed by atoms with Gasteiger partial charge in [0.2, 0.25) is 0 Å². The Morgan fingerprint density at radius 2 is 1.88 bits per heavy atom. The molecule has 3 rings (SSSR count). The molecule has 24 heavy (non-hydrogen) atoms. The van der Waals surface area contributed by atoms with Gasteiger partial charge in [0.1, 0.15) is 0 Å². The largest absolute Gasteiger partial charge is 0.320 e. The molecule has 0 spiro atoms. The summed E-state index contributed by atoms with van der Waals surface area (Å²) in [4.78, 5) is 12.6. The normalized spacial score (nSPS) is 11.2. The zero-order chi connectivity index (χ0) is 17.2. The maximum atomic E-state index is 12.5. The molecule has 0 saturated heterocycles. The van der Waals surface area contributed by atoms with E-state index in [-0.39, 0.29) is 16.4 Å². The van der Waals surface area contributed by atoms with Crippen LogP contribution in [0.2, 0.25) is 0 Å². The highest BCUT2D eigenvalue weighted by Crippen LogP contribution is 2.20. The maximum Gasteiger partial charge on any atom is 0.255 e. The molecule has 0 radical (unpaired) electrons. The summed E-state index contributed by atoms with van der Waals surface area (Å²) in [5, 5.41) is 6.96. The van der Waals surface area contributed by atoms with Crippen molar-refractivity contribution >= 4 is 21.4 Å². The smallest absolute Gasteiger partial charge is 0.255 e. The summed E-state index contributed by atoms with van der Waals surface area (Å²) in [5.41, 5.74) is 1.57. The Hall–Kier alpha value is -2.93. The van der Waals surface area contributed by atoms with Crippen molar-refractivity contribution in [2.45, 2.75) is 4.90 Å². The van der Waals surface area contributed by atoms with Crippen LogP contribution in [0.15, 0.2) is 71.9 Å². The second kappa shape index (κ2) is 6.29. The van der Waals surface area contributed by atoms with E-state index < -0.39 is 9.84 Å². The quantitative estimate of drug-likeness (QED) is 0.791. The van der Waals surface area contributed by atoms with Crippen LogP contribution in [0.3, 0.4) is 0 Å². The van der Waals surface area contributed by atoms with Crippen LogP contribution in [0.1, 0.15) is 10.4 Å². The van der Waals surface area contributed by atoms with E-state index in [0.717, 1.165) is 11.9 Å². The average Bonchev–Trinajstić information content (AvgIpc) is 3.09. The van der Waals surface area contributed by atoms with Gasteiger partial charge in [0, 0.05) is 24.2 Å². The Bertz CT molecular complexity index is 980. The number of aromatic nitrogens is 2. The molecule has 0 aliphatic rings. The predicted octanol–water partition coefficient (Wildman–Crippen LogP) is 2.53. The average molecular weight is 341 g/mol. The summed E-state index contributed by atoms with van der Waals surface area (Å²) in [6.07, 6.45) is 4.53. The van der Waals surface area contributed by atoms with E-state index >= 15 is 0 Å². The molecule has 0 atom stereocenters. The molecule has 0 bridgehead atoms. The first-order valence-corrected chi connectivity index (χ1v) is 9.05. The number of para-hydroxylation sites is 2. The third-order valence-electron chi connectivity index (χ3n) is 3.43. The highest BCUT2D eigenvalue weighted by molar-refractivity contribution is 7.90. The number of sulfone groups is 1. The Morgan fingerprint density at radius 3 is 2.58 bits per heavy atom. The van der Waals surface area contributed by atoms with Gasteiger partial charge in [-0.3, -0.25) is 4.79 Å². The lowest BCUT2D eigenvalue weighted by molar-refractivity contribution is 0.102. The molecular weight excluding hydrogens is 326 g/mol. The van der Waals surface area contributed by atoms with Crippen LogP contribution < -0.4 is 5.32 Å². The van der Waals surface area contributed by atoms with Gasteiger partial charge in [0.15, 0.2) is 9.84 Å². The van der Waals surface area contributed by atoms with Crippen LogP contribution in [0.4, 0.5) is 5.69 Å². The van der Waals surface area contributed by atoms with Gasteiger partial charge in [-0.2, -0.15) is 5.10 Å². The topological polar surface area (TPSA) is 81.1 Å². The fourth-order valence-electron chi connectivity index (χ4n) is 2.25. The zero-order valence-corrected chi connectivity index (χ0v) is 13.7. The number of carbonyl (C=O) groups is 1. The van der Waals surface area contributed by atoms with Gasteiger partial charge in [-0.25, -0.2) is 13.1 Å². The van der Waals surface area contributed by atoms with E-state index in [1.54, 1.807) is 47.4 Å². The second-order valence-corrected chi connectivity index (χ2v) is 7.24. The van der Waals surface area contributed by atoms with Gasteiger partial charge >= 0.3 is 0 Å². The Labute approximate surface area is 139 Å². The maximum absolute atomic E-state index is 12.5. The molecule has 0 saturated carbocycles. The van der Waals surface area contributed by atoms with E-state index in [2.05, 4.69) is 10.4 Å². The molecular formula is C17H15N3O3S. The number of anilines is 1. The van der Waals surface area contributed by atoms with Crippen molar-refractivity contribution in [1.82, 2.24) is 9.78 Å². The van der Waals surface area contributed by atoms with Gasteiger partial charge < -0.3 is 5.32 Å². The summed E-state index contributed by atoms with van der Waals surface area (Å²) in [6, 6.07) is 15.0. The summed E-state index contributed by atoms with van der Waals surface area (Å²) < 4.78 is 24.9. The van der Waals surface area contributed by atoms with E-state index in [1.807, 2.05) is 12.1 Å². The third-order valence-corrected chi connectivity index (χ3v) is 4.54. The fraction of sp³-hybridized carbons (Fsp3) is 0.0588. The Kier molecular flexibility index (Phi) is 4.18. The molecule has 1 heterocycles. The highest BCUT2D eigenvalue weighted by Gasteiger charge is 2.13. The Balaban J connectivity index is 1.92. The Morgan fingerprint density at radius 1 is 1.08 bits per heavy atom. The van der Waals surface area contributed by atoms with Crippen molar-refractivity contribution in [3.8, 4) is 5.69 Å². The molecule has 2 aromatic carbocycles. The van der Waals surface area contributed by atoms with Gasteiger partial charge in [-0.1, -0.05) is 18.2 Å². The molecule has 3 aromatic rings. The van der Waals surface area contributed by atoms with Crippen molar-refractivity contribution < 1.29 is 13.2 Å². The fourth-order valence-corrected chi connectivity index (χ4v) is 2.92. The lowest BCUT2D eigenvalue weighted by Crippen LogP contribution is -2.14. The lowest BCUT2D eigenvalue weighted by atomic mass is 10.2. The first-order chi connectivity index (χ1) is 11.4. The molecule has 1 aromatic heterocycles. The van der Waals surface area contributed by atoms with Crippen molar-refractivity contribution in [3.05, 3.63) is 72.6 Å². The minimum absolute atomic E-state index is 0.107. The molecule has 0 aliphatic carbocycles. The number of rotatable bonds is 4. The van der Waals surface area contributed by atoms with Gasteiger partial charge in [0.05, 0.1) is 16.3 Å². The monoisotopic (exact) mass is 341 g/mol. The van der Waals surface area contributed by atoms with Gasteiger partial charge in [-0.05, 0) is 36.4 Å². The molecule has 0 aliphatic heterocycles. The molecule has 1 amide bonds. The predicted molar refractivity (Wildman–Crippen MR) is 91.1 cm³/mol. The van der Waals surface area contributed by atoms with Crippen molar-refractivity contribution in [3.63, 3.8) is 0 Å². The molecule has 7 heteroatoms. The van der Waals surface area contributed by atoms with E-state index in [4.69, 9.17) is 0 Å². The minimum Gasteiger partial charge on any atom is -0.320 e. The zero-order valence-electron chi connectivity index (χ0n) is 12.9. The molecule has 0 unspecified atom stereocenters. The minimum atomic E-state index is -3.37. The van der Waals surface area contributed by atoms with E-state index in [1.165, 1.54) is 12.1 Å². The van der Waals surface area contributed by atoms with Crippen LogP contribution in [0.25, 0.3) is 5.69 Å². The van der Waals surface area contributed by atoms with Crippen molar-refractivity contribution in [2.75, 3.05) is 11.6 Å². The number of hydrogen-bond donors (Lipinski definition) is 1. The third kappa shape index (κ3) is 3.36. The first-order valence-electron chi connectivity index (χ1n) is 7.16. The van der Waals surface area contributed by atoms with Crippen LogP contribution in [0.5, 0.6) is 0 Å². The van der Waals surface area contributed by atoms with Crippen molar-refractivity contribution in [1.29, 1.82) is 0 Å². The SMILES string of the molecule is CS(=O)(=O)c1cccc(C(=O)Nc2ccccc2-n2cccn2)c1. The van der Waals surface area contributed by atoms with E-state index in [0.29, 0.717) is 5.69 Å². The van der Waals surface area contributed by atoms with Crippen molar-refractivity contribution in [2.24, 2.45) is 0 Å². The van der Waals surface area contributed by atoms with Crippen LogP contribution in [-0.2, 0) is 9.84 Å². The number of nitrogens with zero attached hydrogens (tertiary/aromatic N) is 2. The number of carbonyl (C=O) groups excluding carboxylic acids is 1. The number of benzene rings is 2. The molecule has 1 N–H and O–H groups in total. The summed E-state index contributed by atoms with van der Waals surface area (Å²) >= 11 is 0. The number of amides is 1. The summed E-state index contributed by atoms with van der Waals surface area (Å²) in [7, 11) is -3.37. The van der Waals surface area contributed by atoms with Crippen LogP contribution >= 0.6 is 0 Å². The molecule has 6 nitrogen and oxygen atoms in total. The second-order valence-electron chi connectivity index (χ2n) is 5.22. The number of nitrogens with one attached hydrogen (secondary N) is 1.